The van der Waals surface area contributed by atoms with Crippen molar-refractivity contribution in [3.63, 3.8) is 0 Å². The summed E-state index contributed by atoms with van der Waals surface area (Å²) in [5.41, 5.74) is -0.366. The maximum atomic E-state index is 11.4. The fourth-order valence-electron chi connectivity index (χ4n) is 1.46. The molecular weight excluding hydrogens is 138 g/mol. The largest absolute Gasteiger partial charge is 0.296 e. The molecular formula is C9H9NO. The van der Waals surface area contributed by atoms with Gasteiger partial charge in [0.05, 0.1) is 5.41 Å². The molecule has 2 aliphatic rings. The van der Waals surface area contributed by atoms with Crippen molar-refractivity contribution in [1.82, 2.24) is 0 Å². The van der Waals surface area contributed by atoms with Gasteiger partial charge < -0.3 is 0 Å². The minimum Gasteiger partial charge on any atom is -0.296 e. The third kappa shape index (κ3) is 0.862. The third-order valence-electron chi connectivity index (χ3n) is 2.19. The lowest BCUT2D eigenvalue weighted by Gasteiger charge is -2.19. The predicted octanol–water partition coefficient (Wildman–Crippen LogP) is 1.14. The SMILES string of the molecule is O=C1C=CC=CC12C=NCC2. The van der Waals surface area contributed by atoms with Crippen LogP contribution in [0.25, 0.3) is 0 Å². The van der Waals surface area contributed by atoms with Crippen LogP contribution < -0.4 is 0 Å². The van der Waals surface area contributed by atoms with Gasteiger partial charge in [0.25, 0.3) is 0 Å². The van der Waals surface area contributed by atoms with Gasteiger partial charge in [-0.05, 0) is 12.5 Å². The highest BCUT2D eigenvalue weighted by Gasteiger charge is 2.35. The monoisotopic (exact) mass is 147 g/mol. The van der Waals surface area contributed by atoms with Gasteiger partial charge in [0.2, 0.25) is 0 Å². The summed E-state index contributed by atoms with van der Waals surface area (Å²) < 4.78 is 0. The van der Waals surface area contributed by atoms with Crippen LogP contribution in [0.5, 0.6) is 0 Å². The van der Waals surface area contributed by atoms with Crippen LogP contribution in [0.3, 0.4) is 0 Å². The molecule has 1 spiro atoms. The van der Waals surface area contributed by atoms with Crippen LogP contribution in [0.2, 0.25) is 0 Å². The first-order chi connectivity index (χ1) is 5.33. The van der Waals surface area contributed by atoms with Crippen LogP contribution in [0.4, 0.5) is 0 Å². The number of aliphatic imine (C=N–C) groups is 1. The molecule has 1 aliphatic heterocycles. The van der Waals surface area contributed by atoms with E-state index in [-0.39, 0.29) is 11.2 Å². The van der Waals surface area contributed by atoms with Crippen LogP contribution in [0.1, 0.15) is 6.42 Å². The van der Waals surface area contributed by atoms with Crippen LogP contribution in [0.15, 0.2) is 29.3 Å². The highest BCUT2D eigenvalue weighted by Crippen LogP contribution is 2.30. The van der Waals surface area contributed by atoms with Crippen LogP contribution in [-0.2, 0) is 4.79 Å². The van der Waals surface area contributed by atoms with Crippen LogP contribution in [0, 0.1) is 5.41 Å². The van der Waals surface area contributed by atoms with E-state index in [1.165, 1.54) is 0 Å². The maximum Gasteiger partial charge on any atom is 0.171 e. The molecule has 1 aliphatic carbocycles. The lowest BCUT2D eigenvalue weighted by atomic mass is 9.80. The maximum absolute atomic E-state index is 11.4. The summed E-state index contributed by atoms with van der Waals surface area (Å²) in [4.78, 5) is 15.5. The highest BCUT2D eigenvalue weighted by molar-refractivity contribution is 6.09. The van der Waals surface area contributed by atoms with Gasteiger partial charge in [-0.3, -0.25) is 9.79 Å². The summed E-state index contributed by atoms with van der Waals surface area (Å²) >= 11 is 0. The first kappa shape index (κ1) is 6.53. The third-order valence-corrected chi connectivity index (χ3v) is 2.19. The standard InChI is InChI=1S/C9H9NO/c11-8-3-1-2-4-9(8)5-6-10-7-9/h1-4,7H,5-6H2. The van der Waals surface area contributed by atoms with Crippen molar-refractivity contribution in [2.45, 2.75) is 6.42 Å². The second-order valence-electron chi connectivity index (χ2n) is 2.91. The number of ketones is 1. The summed E-state index contributed by atoms with van der Waals surface area (Å²) in [5, 5.41) is 0. The van der Waals surface area contributed by atoms with Gasteiger partial charge in [-0.15, -0.1) is 0 Å². The quantitative estimate of drug-likeness (QED) is 0.505. The number of carbonyl (C=O) groups is 1. The van der Waals surface area contributed by atoms with Crippen molar-refractivity contribution < 1.29 is 4.79 Å². The van der Waals surface area contributed by atoms with Crippen molar-refractivity contribution in [2.24, 2.45) is 10.4 Å². The molecule has 1 heterocycles. The number of carbonyl (C=O) groups excluding carboxylic acids is 1. The van der Waals surface area contributed by atoms with E-state index in [1.54, 1.807) is 18.4 Å². The average Bonchev–Trinajstić information content (AvgIpc) is 2.46. The Morgan fingerprint density at radius 1 is 1.45 bits per heavy atom. The van der Waals surface area contributed by atoms with Crippen LogP contribution >= 0.6 is 0 Å². The lowest BCUT2D eigenvalue weighted by molar-refractivity contribution is -0.118. The zero-order valence-corrected chi connectivity index (χ0v) is 6.16. The molecule has 0 aromatic heterocycles. The summed E-state index contributed by atoms with van der Waals surface area (Å²) in [7, 11) is 0. The summed E-state index contributed by atoms with van der Waals surface area (Å²) in [5.74, 6) is 0.168. The molecule has 0 N–H and O–H groups in total. The number of allylic oxidation sites excluding steroid dienone is 4. The van der Waals surface area contributed by atoms with Gasteiger partial charge in [0.1, 0.15) is 0 Å². The van der Waals surface area contributed by atoms with E-state index in [2.05, 4.69) is 4.99 Å². The fourth-order valence-corrected chi connectivity index (χ4v) is 1.46. The van der Waals surface area contributed by atoms with E-state index < -0.39 is 0 Å². The Morgan fingerprint density at radius 3 is 3.00 bits per heavy atom. The van der Waals surface area contributed by atoms with E-state index in [0.717, 1.165) is 13.0 Å². The molecule has 0 fully saturated rings. The first-order valence-corrected chi connectivity index (χ1v) is 3.75. The van der Waals surface area contributed by atoms with Crippen molar-refractivity contribution in [2.75, 3.05) is 6.54 Å². The van der Waals surface area contributed by atoms with Gasteiger partial charge in [-0.1, -0.05) is 18.2 Å². The number of nitrogens with zero attached hydrogens (tertiary/aromatic N) is 1. The number of rotatable bonds is 0. The van der Waals surface area contributed by atoms with Crippen molar-refractivity contribution in [1.29, 1.82) is 0 Å². The van der Waals surface area contributed by atoms with Gasteiger partial charge >= 0.3 is 0 Å². The minimum absolute atomic E-state index is 0.168. The van der Waals surface area contributed by atoms with Crippen molar-refractivity contribution >= 4 is 12.0 Å². The van der Waals surface area contributed by atoms with Crippen molar-refractivity contribution in [3.8, 4) is 0 Å². The van der Waals surface area contributed by atoms with E-state index >= 15 is 0 Å². The van der Waals surface area contributed by atoms with Gasteiger partial charge in [0.15, 0.2) is 5.78 Å². The van der Waals surface area contributed by atoms with Crippen molar-refractivity contribution in [3.05, 3.63) is 24.3 Å². The molecule has 2 rings (SSSR count). The smallest absolute Gasteiger partial charge is 0.171 e. The molecule has 2 nitrogen and oxygen atoms in total. The van der Waals surface area contributed by atoms with Gasteiger partial charge in [-0.25, -0.2) is 0 Å². The molecule has 56 valence electrons. The highest BCUT2D eigenvalue weighted by atomic mass is 16.1. The molecule has 0 saturated carbocycles. The molecule has 0 saturated heterocycles. The van der Waals surface area contributed by atoms with Gasteiger partial charge in [0, 0.05) is 12.8 Å². The Hall–Kier alpha value is -1.18. The number of hydrogen-bond acceptors (Lipinski definition) is 2. The number of hydrogen-bond donors (Lipinski definition) is 0. The Kier molecular flexibility index (Phi) is 1.28. The Balaban J connectivity index is 2.38. The summed E-state index contributed by atoms with van der Waals surface area (Å²) in [6.07, 6.45) is 9.86. The van der Waals surface area contributed by atoms with E-state index in [4.69, 9.17) is 0 Å². The van der Waals surface area contributed by atoms with E-state index in [0.29, 0.717) is 0 Å². The molecule has 0 radical (unpaired) electrons. The Labute approximate surface area is 65.3 Å². The molecule has 0 aromatic carbocycles. The average molecular weight is 147 g/mol. The van der Waals surface area contributed by atoms with Crippen LogP contribution in [-0.4, -0.2) is 18.5 Å². The molecule has 0 bridgehead atoms. The zero-order chi connectivity index (χ0) is 7.73. The molecule has 0 aromatic rings. The van der Waals surface area contributed by atoms with Gasteiger partial charge in [-0.2, -0.15) is 0 Å². The van der Waals surface area contributed by atoms with E-state index in [9.17, 15) is 4.79 Å². The zero-order valence-electron chi connectivity index (χ0n) is 6.16. The lowest BCUT2D eigenvalue weighted by Crippen LogP contribution is -2.28. The Morgan fingerprint density at radius 2 is 2.36 bits per heavy atom. The molecule has 0 amide bonds. The fraction of sp³-hybridized carbons (Fsp3) is 0.333. The minimum atomic E-state index is -0.366. The normalized spacial score (nSPS) is 34.0. The molecule has 11 heavy (non-hydrogen) atoms. The molecule has 2 heteroatoms. The molecule has 1 unspecified atom stereocenters. The predicted molar refractivity (Wildman–Crippen MR) is 43.7 cm³/mol. The summed E-state index contributed by atoms with van der Waals surface area (Å²) in [6.45, 7) is 0.782. The summed E-state index contributed by atoms with van der Waals surface area (Å²) in [6, 6.07) is 0. The molecule has 1 atom stereocenters. The second kappa shape index (κ2) is 2.16. The van der Waals surface area contributed by atoms with E-state index in [1.807, 2.05) is 12.2 Å². The Bertz CT molecular complexity index is 275. The second-order valence-corrected chi connectivity index (χ2v) is 2.91. The topological polar surface area (TPSA) is 29.4 Å². The first-order valence-electron chi connectivity index (χ1n) is 3.75.